The molecule has 1 aromatic rings. The smallest absolute Gasteiger partial charge is 0.234 e. The molecule has 2 amide bonds. The number of hydrogen-bond acceptors (Lipinski definition) is 5. The minimum absolute atomic E-state index is 0.115. The Morgan fingerprint density at radius 1 is 1.12 bits per heavy atom. The van der Waals surface area contributed by atoms with E-state index in [1.807, 2.05) is 33.8 Å². The van der Waals surface area contributed by atoms with Crippen LogP contribution < -0.4 is 20.1 Å². The highest BCUT2D eigenvalue weighted by atomic mass is 16.5. The van der Waals surface area contributed by atoms with Gasteiger partial charge in [0, 0.05) is 11.1 Å². The molecule has 0 bridgehead atoms. The standard InChI is InChI=1S/C19H31N3O4/c1-13(15-10-14(25-6)8-9-16(15)26-7)20-17(23)11-22(5)12-18(24)21-19(2,3)4/h8-10,13H,11-12H2,1-7H3,(H,20,23)(H,21,24)/t13-/m1/s1. The first-order chi connectivity index (χ1) is 12.1. The molecule has 2 N–H and O–H groups in total. The number of nitrogens with zero attached hydrogens (tertiary/aromatic N) is 1. The van der Waals surface area contributed by atoms with Crippen LogP contribution in [0.4, 0.5) is 0 Å². The maximum atomic E-state index is 12.3. The van der Waals surface area contributed by atoms with Gasteiger partial charge < -0.3 is 20.1 Å². The summed E-state index contributed by atoms with van der Waals surface area (Å²) in [6.45, 7) is 7.90. The molecule has 0 spiro atoms. The first-order valence-corrected chi connectivity index (χ1v) is 8.56. The third-order valence-corrected chi connectivity index (χ3v) is 3.62. The summed E-state index contributed by atoms with van der Waals surface area (Å²) >= 11 is 0. The number of hydrogen-bond donors (Lipinski definition) is 2. The molecule has 0 aliphatic heterocycles. The largest absolute Gasteiger partial charge is 0.497 e. The SMILES string of the molecule is COc1ccc(OC)c([C@@H](C)NC(=O)CN(C)CC(=O)NC(C)(C)C)c1. The van der Waals surface area contributed by atoms with Gasteiger partial charge in [0.05, 0.1) is 33.4 Å². The Kier molecular flexibility index (Phi) is 7.89. The molecule has 146 valence electrons. The monoisotopic (exact) mass is 365 g/mol. The van der Waals surface area contributed by atoms with Crippen LogP contribution in [-0.2, 0) is 9.59 Å². The molecule has 0 radical (unpaired) electrons. The van der Waals surface area contributed by atoms with Gasteiger partial charge in [-0.3, -0.25) is 14.5 Å². The lowest BCUT2D eigenvalue weighted by Crippen LogP contribution is -2.47. The maximum Gasteiger partial charge on any atom is 0.234 e. The van der Waals surface area contributed by atoms with Crippen LogP contribution >= 0.6 is 0 Å². The molecule has 0 aromatic heterocycles. The van der Waals surface area contributed by atoms with Gasteiger partial charge in [0.25, 0.3) is 0 Å². The van der Waals surface area contributed by atoms with Crippen molar-refractivity contribution in [3.8, 4) is 11.5 Å². The van der Waals surface area contributed by atoms with Crippen LogP contribution in [0.5, 0.6) is 11.5 Å². The van der Waals surface area contributed by atoms with Crippen molar-refractivity contribution >= 4 is 11.8 Å². The van der Waals surface area contributed by atoms with E-state index in [1.165, 1.54) is 0 Å². The molecule has 1 rings (SSSR count). The lowest BCUT2D eigenvalue weighted by atomic mass is 10.1. The van der Waals surface area contributed by atoms with Crippen molar-refractivity contribution < 1.29 is 19.1 Å². The van der Waals surface area contributed by atoms with Gasteiger partial charge in [0.15, 0.2) is 0 Å². The number of ether oxygens (including phenoxy) is 2. The second kappa shape index (κ2) is 9.43. The van der Waals surface area contributed by atoms with Gasteiger partial charge in [-0.1, -0.05) is 0 Å². The molecule has 7 nitrogen and oxygen atoms in total. The van der Waals surface area contributed by atoms with Crippen LogP contribution in [0.2, 0.25) is 0 Å². The molecular weight excluding hydrogens is 334 g/mol. The molecular formula is C19H31N3O4. The Morgan fingerprint density at radius 3 is 2.27 bits per heavy atom. The molecule has 0 aliphatic carbocycles. The van der Waals surface area contributed by atoms with E-state index < -0.39 is 0 Å². The van der Waals surface area contributed by atoms with Crippen molar-refractivity contribution in [2.75, 3.05) is 34.4 Å². The maximum absolute atomic E-state index is 12.3. The first kappa shape index (κ1) is 21.8. The van der Waals surface area contributed by atoms with E-state index >= 15 is 0 Å². The minimum Gasteiger partial charge on any atom is -0.497 e. The fraction of sp³-hybridized carbons (Fsp3) is 0.579. The Balaban J connectivity index is 2.63. The highest BCUT2D eigenvalue weighted by molar-refractivity contribution is 5.81. The van der Waals surface area contributed by atoms with Crippen molar-refractivity contribution in [3.05, 3.63) is 23.8 Å². The molecule has 1 aromatic carbocycles. The van der Waals surface area contributed by atoms with E-state index in [1.54, 1.807) is 38.3 Å². The van der Waals surface area contributed by atoms with Gasteiger partial charge in [-0.25, -0.2) is 0 Å². The number of amides is 2. The van der Waals surface area contributed by atoms with Crippen LogP contribution in [0.15, 0.2) is 18.2 Å². The van der Waals surface area contributed by atoms with Crippen LogP contribution in [0.25, 0.3) is 0 Å². The molecule has 0 heterocycles. The molecule has 0 fully saturated rings. The molecule has 26 heavy (non-hydrogen) atoms. The quantitative estimate of drug-likeness (QED) is 0.733. The van der Waals surface area contributed by atoms with Crippen molar-refractivity contribution in [3.63, 3.8) is 0 Å². The van der Waals surface area contributed by atoms with E-state index in [0.717, 1.165) is 5.56 Å². The Morgan fingerprint density at radius 2 is 1.73 bits per heavy atom. The van der Waals surface area contributed by atoms with E-state index in [2.05, 4.69) is 10.6 Å². The summed E-state index contributed by atoms with van der Waals surface area (Å²) in [4.78, 5) is 25.9. The van der Waals surface area contributed by atoms with Crippen molar-refractivity contribution in [2.45, 2.75) is 39.3 Å². The Hall–Kier alpha value is -2.28. The first-order valence-electron chi connectivity index (χ1n) is 8.56. The molecule has 0 saturated heterocycles. The average molecular weight is 365 g/mol. The number of benzene rings is 1. The van der Waals surface area contributed by atoms with Gasteiger partial charge >= 0.3 is 0 Å². The molecule has 0 unspecified atom stereocenters. The summed E-state index contributed by atoms with van der Waals surface area (Å²) in [6.07, 6.45) is 0. The predicted octanol–water partition coefficient (Wildman–Crippen LogP) is 1.73. The third-order valence-electron chi connectivity index (χ3n) is 3.62. The summed E-state index contributed by atoms with van der Waals surface area (Å²) in [5.41, 5.74) is 0.533. The lowest BCUT2D eigenvalue weighted by molar-refractivity contribution is -0.125. The van der Waals surface area contributed by atoms with Crippen molar-refractivity contribution in [1.82, 2.24) is 15.5 Å². The zero-order valence-electron chi connectivity index (χ0n) is 16.8. The highest BCUT2D eigenvalue weighted by Crippen LogP contribution is 2.29. The summed E-state index contributed by atoms with van der Waals surface area (Å²) < 4.78 is 10.6. The van der Waals surface area contributed by atoms with Crippen molar-refractivity contribution in [2.24, 2.45) is 0 Å². The van der Waals surface area contributed by atoms with Gasteiger partial charge in [0.2, 0.25) is 11.8 Å². The zero-order chi connectivity index (χ0) is 19.9. The fourth-order valence-corrected chi connectivity index (χ4v) is 2.55. The van der Waals surface area contributed by atoms with Crippen LogP contribution in [0.3, 0.4) is 0 Å². The van der Waals surface area contributed by atoms with E-state index in [-0.39, 0.29) is 36.5 Å². The van der Waals surface area contributed by atoms with Gasteiger partial charge in [-0.05, 0) is 52.9 Å². The Labute approximate surface area is 156 Å². The van der Waals surface area contributed by atoms with Crippen LogP contribution in [0, 0.1) is 0 Å². The van der Waals surface area contributed by atoms with Crippen LogP contribution in [-0.4, -0.2) is 56.6 Å². The van der Waals surface area contributed by atoms with Crippen molar-refractivity contribution in [1.29, 1.82) is 0 Å². The number of methoxy groups -OCH3 is 2. The average Bonchev–Trinajstić information content (AvgIpc) is 2.51. The van der Waals surface area contributed by atoms with Gasteiger partial charge in [-0.15, -0.1) is 0 Å². The van der Waals surface area contributed by atoms with Crippen LogP contribution in [0.1, 0.15) is 39.3 Å². The number of carbonyl (C=O) groups excluding carboxylic acids is 2. The zero-order valence-corrected chi connectivity index (χ0v) is 16.8. The molecule has 0 aliphatic rings. The van der Waals surface area contributed by atoms with Gasteiger partial charge in [-0.2, -0.15) is 0 Å². The predicted molar refractivity (Wildman–Crippen MR) is 101 cm³/mol. The fourth-order valence-electron chi connectivity index (χ4n) is 2.55. The number of carbonyl (C=O) groups is 2. The topological polar surface area (TPSA) is 79.9 Å². The molecule has 1 atom stereocenters. The lowest BCUT2D eigenvalue weighted by Gasteiger charge is -2.24. The number of likely N-dealkylation sites (N-methyl/N-ethyl adjacent to an activating group) is 1. The summed E-state index contributed by atoms with van der Waals surface area (Å²) in [6, 6.07) is 5.19. The third kappa shape index (κ3) is 7.31. The minimum atomic E-state index is -0.294. The molecule has 7 heteroatoms. The van der Waals surface area contributed by atoms with E-state index in [9.17, 15) is 9.59 Å². The Bertz CT molecular complexity index is 626. The number of nitrogens with one attached hydrogen (secondary N) is 2. The van der Waals surface area contributed by atoms with Gasteiger partial charge in [0.1, 0.15) is 11.5 Å². The normalized spacial score (nSPS) is 12.5. The second-order valence-corrected chi connectivity index (χ2v) is 7.37. The summed E-state index contributed by atoms with van der Waals surface area (Å²) in [5, 5.41) is 5.80. The number of rotatable bonds is 8. The summed E-state index contributed by atoms with van der Waals surface area (Å²) in [7, 11) is 4.91. The summed E-state index contributed by atoms with van der Waals surface area (Å²) in [5.74, 6) is 1.08. The highest BCUT2D eigenvalue weighted by Gasteiger charge is 2.19. The second-order valence-electron chi connectivity index (χ2n) is 7.37. The van der Waals surface area contributed by atoms with E-state index in [4.69, 9.17) is 9.47 Å². The van der Waals surface area contributed by atoms with E-state index in [0.29, 0.717) is 11.5 Å². The molecule has 0 saturated carbocycles.